The highest BCUT2D eigenvalue weighted by molar-refractivity contribution is 5.96. The Labute approximate surface area is 141 Å². The van der Waals surface area contributed by atoms with Crippen LogP contribution in [0.2, 0.25) is 0 Å². The lowest BCUT2D eigenvalue weighted by Gasteiger charge is -2.20. The van der Waals surface area contributed by atoms with E-state index in [2.05, 4.69) is 5.10 Å². The van der Waals surface area contributed by atoms with Crippen molar-refractivity contribution in [3.8, 4) is 0 Å². The molecule has 0 saturated carbocycles. The van der Waals surface area contributed by atoms with Gasteiger partial charge in [-0.15, -0.1) is 0 Å². The molecule has 0 radical (unpaired) electrons. The van der Waals surface area contributed by atoms with Gasteiger partial charge in [0.25, 0.3) is 5.91 Å². The summed E-state index contributed by atoms with van der Waals surface area (Å²) < 4.78 is 1.81. The zero-order valence-corrected chi connectivity index (χ0v) is 14.1. The Morgan fingerprint density at radius 3 is 2.50 bits per heavy atom. The Kier molecular flexibility index (Phi) is 6.12. The van der Waals surface area contributed by atoms with E-state index in [1.165, 1.54) is 4.90 Å². The molecule has 1 aromatic carbocycles. The van der Waals surface area contributed by atoms with Gasteiger partial charge in [0.2, 0.25) is 0 Å². The van der Waals surface area contributed by atoms with Gasteiger partial charge >= 0.3 is 5.97 Å². The highest BCUT2D eigenvalue weighted by atomic mass is 16.4. The summed E-state index contributed by atoms with van der Waals surface area (Å²) in [5, 5.41) is 13.4. The number of aliphatic carboxylic acids is 1. The van der Waals surface area contributed by atoms with Crippen LogP contribution in [0.3, 0.4) is 0 Å². The number of carbonyl (C=O) groups is 2. The van der Waals surface area contributed by atoms with Crippen molar-refractivity contribution in [3.63, 3.8) is 0 Å². The maximum absolute atomic E-state index is 12.7. The number of carbonyl (C=O) groups excluding carboxylic acids is 1. The first-order valence-electron chi connectivity index (χ1n) is 8.16. The van der Waals surface area contributed by atoms with Gasteiger partial charge in [0.15, 0.2) is 0 Å². The van der Waals surface area contributed by atoms with E-state index in [0.29, 0.717) is 31.5 Å². The van der Waals surface area contributed by atoms with Crippen molar-refractivity contribution >= 4 is 11.9 Å². The molecule has 1 N–H and O–H groups in total. The van der Waals surface area contributed by atoms with Crippen LogP contribution < -0.4 is 0 Å². The Morgan fingerprint density at radius 2 is 1.92 bits per heavy atom. The van der Waals surface area contributed by atoms with E-state index in [9.17, 15) is 9.59 Å². The van der Waals surface area contributed by atoms with Crippen LogP contribution in [-0.4, -0.2) is 44.8 Å². The number of hydrogen-bond donors (Lipinski definition) is 1. The highest BCUT2D eigenvalue weighted by Gasteiger charge is 2.23. The number of rotatable bonds is 8. The van der Waals surface area contributed by atoms with Gasteiger partial charge < -0.3 is 10.0 Å². The molecular formula is C18H23N3O3. The number of nitrogens with zero attached hydrogens (tertiary/aromatic N) is 3. The molecule has 0 spiro atoms. The molecule has 128 valence electrons. The summed E-state index contributed by atoms with van der Waals surface area (Å²) in [6, 6.07) is 9.91. The largest absolute Gasteiger partial charge is 0.480 e. The molecule has 2 rings (SSSR count). The van der Waals surface area contributed by atoms with Crippen LogP contribution in [0.25, 0.3) is 0 Å². The maximum Gasteiger partial charge on any atom is 0.323 e. The average Bonchev–Trinajstić information content (AvgIpc) is 2.97. The van der Waals surface area contributed by atoms with Crippen molar-refractivity contribution in [3.05, 3.63) is 53.3 Å². The summed E-state index contributed by atoms with van der Waals surface area (Å²) in [4.78, 5) is 25.1. The maximum atomic E-state index is 12.7. The van der Waals surface area contributed by atoms with E-state index in [1.807, 2.05) is 48.9 Å². The van der Waals surface area contributed by atoms with Gasteiger partial charge in [-0.25, -0.2) is 0 Å². The predicted molar refractivity (Wildman–Crippen MR) is 91.0 cm³/mol. The van der Waals surface area contributed by atoms with Gasteiger partial charge in [-0.05, 0) is 18.4 Å². The van der Waals surface area contributed by atoms with Crippen LogP contribution in [-0.2, 0) is 17.8 Å². The third kappa shape index (κ3) is 4.22. The number of aromatic nitrogens is 2. The molecule has 0 atom stereocenters. The van der Waals surface area contributed by atoms with E-state index in [0.717, 1.165) is 11.3 Å². The fourth-order valence-corrected chi connectivity index (χ4v) is 2.71. The van der Waals surface area contributed by atoms with Gasteiger partial charge in [-0.3, -0.25) is 14.3 Å². The lowest BCUT2D eigenvalue weighted by Crippen LogP contribution is -2.36. The van der Waals surface area contributed by atoms with Gasteiger partial charge in [-0.2, -0.15) is 5.10 Å². The van der Waals surface area contributed by atoms with Crippen LogP contribution in [0.5, 0.6) is 0 Å². The molecular weight excluding hydrogens is 306 g/mol. The van der Waals surface area contributed by atoms with Crippen molar-refractivity contribution in [1.82, 2.24) is 14.7 Å². The van der Waals surface area contributed by atoms with Crippen molar-refractivity contribution in [2.24, 2.45) is 0 Å². The second-order valence-corrected chi connectivity index (χ2v) is 5.62. The summed E-state index contributed by atoms with van der Waals surface area (Å²) in [7, 11) is 0. The molecule has 0 unspecified atom stereocenters. The molecule has 24 heavy (non-hydrogen) atoms. The Bertz CT molecular complexity index is 695. The molecule has 6 nitrogen and oxygen atoms in total. The minimum Gasteiger partial charge on any atom is -0.480 e. The van der Waals surface area contributed by atoms with E-state index >= 15 is 0 Å². The first-order valence-corrected chi connectivity index (χ1v) is 8.16. The van der Waals surface area contributed by atoms with E-state index in [4.69, 9.17) is 5.11 Å². The lowest BCUT2D eigenvalue weighted by molar-refractivity contribution is -0.137. The predicted octanol–water partition coefficient (Wildman–Crippen LogP) is 2.43. The monoisotopic (exact) mass is 329 g/mol. The minimum atomic E-state index is -1.01. The number of amides is 1. The summed E-state index contributed by atoms with van der Waals surface area (Å²) in [6.45, 7) is 4.60. The van der Waals surface area contributed by atoms with Crippen LogP contribution in [0.4, 0.5) is 0 Å². The molecule has 1 amide bonds. The smallest absolute Gasteiger partial charge is 0.323 e. The molecule has 1 aromatic heterocycles. The molecule has 0 saturated heterocycles. The van der Waals surface area contributed by atoms with Gasteiger partial charge in [-0.1, -0.05) is 44.2 Å². The molecule has 0 bridgehead atoms. The third-order valence-electron chi connectivity index (χ3n) is 3.80. The number of carboxylic acids is 1. The molecule has 0 fully saturated rings. The van der Waals surface area contributed by atoms with Crippen molar-refractivity contribution in [1.29, 1.82) is 0 Å². The topological polar surface area (TPSA) is 75.4 Å². The fourth-order valence-electron chi connectivity index (χ4n) is 2.71. The van der Waals surface area contributed by atoms with E-state index < -0.39 is 5.97 Å². The Hall–Kier alpha value is -2.63. The Morgan fingerprint density at radius 1 is 1.21 bits per heavy atom. The molecule has 0 aliphatic heterocycles. The van der Waals surface area contributed by atoms with Gasteiger partial charge in [0.1, 0.15) is 6.54 Å². The summed E-state index contributed by atoms with van der Waals surface area (Å²) in [6.07, 6.45) is 2.91. The number of carboxylic acid groups (broad SMARTS) is 1. The number of benzene rings is 1. The van der Waals surface area contributed by atoms with Crippen molar-refractivity contribution < 1.29 is 14.7 Å². The van der Waals surface area contributed by atoms with Crippen LogP contribution in [0, 0.1) is 0 Å². The standard InChI is InChI=1S/C18H23N3O3/c1-3-10-20(13-17(22)23)18(24)15-11-19-21(16(15)4-2)12-14-8-6-5-7-9-14/h5-9,11H,3-4,10,12-13H2,1-2H3,(H,22,23). The van der Waals surface area contributed by atoms with E-state index in [1.54, 1.807) is 6.20 Å². The van der Waals surface area contributed by atoms with Crippen LogP contribution in [0.15, 0.2) is 36.5 Å². The zero-order chi connectivity index (χ0) is 17.5. The molecule has 0 aliphatic carbocycles. The fraction of sp³-hybridized carbons (Fsp3) is 0.389. The minimum absolute atomic E-state index is 0.268. The summed E-state index contributed by atoms with van der Waals surface area (Å²) in [5.41, 5.74) is 2.42. The molecule has 6 heteroatoms. The van der Waals surface area contributed by atoms with Crippen LogP contribution >= 0.6 is 0 Å². The quantitative estimate of drug-likeness (QED) is 0.807. The summed E-state index contributed by atoms with van der Waals surface area (Å²) in [5.74, 6) is -1.28. The molecule has 1 heterocycles. The summed E-state index contributed by atoms with van der Waals surface area (Å²) >= 11 is 0. The zero-order valence-electron chi connectivity index (χ0n) is 14.1. The molecule has 0 aliphatic rings. The average molecular weight is 329 g/mol. The first-order chi connectivity index (χ1) is 11.6. The normalized spacial score (nSPS) is 10.6. The second-order valence-electron chi connectivity index (χ2n) is 5.62. The van der Waals surface area contributed by atoms with Crippen LogP contribution in [0.1, 0.15) is 41.9 Å². The van der Waals surface area contributed by atoms with Gasteiger partial charge in [0, 0.05) is 6.54 Å². The third-order valence-corrected chi connectivity index (χ3v) is 3.80. The lowest BCUT2D eigenvalue weighted by atomic mass is 10.1. The first kappa shape index (κ1) is 17.7. The molecule has 2 aromatic rings. The highest BCUT2D eigenvalue weighted by Crippen LogP contribution is 2.15. The number of hydrogen-bond acceptors (Lipinski definition) is 3. The second kappa shape index (κ2) is 8.29. The van der Waals surface area contributed by atoms with E-state index in [-0.39, 0.29) is 12.5 Å². The van der Waals surface area contributed by atoms with Crippen molar-refractivity contribution in [2.75, 3.05) is 13.1 Å². The Balaban J connectivity index is 2.26. The SMILES string of the molecule is CCCN(CC(=O)O)C(=O)c1cnn(Cc2ccccc2)c1CC. The van der Waals surface area contributed by atoms with Gasteiger partial charge in [0.05, 0.1) is 24.0 Å². The van der Waals surface area contributed by atoms with Crippen molar-refractivity contribution in [2.45, 2.75) is 33.2 Å².